The van der Waals surface area contributed by atoms with Crippen LogP contribution in [-0.4, -0.2) is 5.78 Å². The van der Waals surface area contributed by atoms with Gasteiger partial charge in [0, 0.05) is 11.1 Å². The van der Waals surface area contributed by atoms with Crippen LogP contribution in [0.5, 0.6) is 0 Å². The van der Waals surface area contributed by atoms with E-state index in [-0.39, 0.29) is 11.1 Å². The average molecular weight is 262 g/mol. The van der Waals surface area contributed by atoms with Crippen molar-refractivity contribution >= 4 is 11.9 Å². The van der Waals surface area contributed by atoms with Crippen LogP contribution in [0.25, 0.3) is 6.08 Å². The number of halogens is 3. The van der Waals surface area contributed by atoms with Gasteiger partial charge in [-0.15, -0.1) is 0 Å². The fourth-order valence-electron chi connectivity index (χ4n) is 1.53. The molecule has 4 heteroatoms. The van der Waals surface area contributed by atoms with Crippen molar-refractivity contribution < 1.29 is 18.0 Å². The minimum absolute atomic E-state index is 0.0181. The molecule has 0 heterocycles. The normalized spacial score (nSPS) is 10.9. The molecule has 0 unspecified atom stereocenters. The van der Waals surface area contributed by atoms with Crippen LogP contribution < -0.4 is 0 Å². The number of benzene rings is 2. The molecule has 0 saturated carbocycles. The van der Waals surface area contributed by atoms with E-state index in [1.807, 2.05) is 0 Å². The quantitative estimate of drug-likeness (QED) is 0.603. The van der Waals surface area contributed by atoms with E-state index in [1.54, 1.807) is 0 Å². The first kappa shape index (κ1) is 13.1. The second kappa shape index (κ2) is 5.52. The van der Waals surface area contributed by atoms with Gasteiger partial charge >= 0.3 is 0 Å². The minimum atomic E-state index is -1.01. The third kappa shape index (κ3) is 3.10. The van der Waals surface area contributed by atoms with Crippen molar-refractivity contribution in [2.75, 3.05) is 0 Å². The second-order valence-electron chi connectivity index (χ2n) is 3.85. The van der Waals surface area contributed by atoms with Crippen LogP contribution in [0.4, 0.5) is 13.2 Å². The van der Waals surface area contributed by atoms with Crippen molar-refractivity contribution in [3.8, 4) is 0 Å². The highest BCUT2D eigenvalue weighted by Gasteiger charge is 2.06. The lowest BCUT2D eigenvalue weighted by atomic mass is 10.1. The Balaban J connectivity index is 2.21. The Morgan fingerprint density at radius 1 is 0.947 bits per heavy atom. The van der Waals surface area contributed by atoms with Gasteiger partial charge in [-0.05, 0) is 42.5 Å². The summed E-state index contributed by atoms with van der Waals surface area (Å²) in [6.07, 6.45) is 2.30. The van der Waals surface area contributed by atoms with Crippen molar-refractivity contribution in [1.82, 2.24) is 0 Å². The van der Waals surface area contributed by atoms with E-state index in [1.165, 1.54) is 30.3 Å². The largest absolute Gasteiger partial charge is 0.289 e. The molecule has 0 amide bonds. The van der Waals surface area contributed by atoms with Crippen LogP contribution in [0.2, 0.25) is 0 Å². The molecule has 2 aromatic rings. The van der Waals surface area contributed by atoms with Crippen LogP contribution in [-0.2, 0) is 0 Å². The highest BCUT2D eigenvalue weighted by atomic mass is 19.2. The van der Waals surface area contributed by atoms with Crippen molar-refractivity contribution in [3.63, 3.8) is 0 Å². The number of allylic oxidation sites excluding steroid dienone is 1. The highest BCUT2D eigenvalue weighted by Crippen LogP contribution is 2.13. The Morgan fingerprint density at radius 3 is 2.32 bits per heavy atom. The Kier molecular flexibility index (Phi) is 3.80. The lowest BCUT2D eigenvalue weighted by Gasteiger charge is -1.98. The van der Waals surface area contributed by atoms with E-state index in [0.717, 1.165) is 24.3 Å². The number of hydrogen-bond acceptors (Lipinski definition) is 1. The molecule has 0 fully saturated rings. The fraction of sp³-hybridized carbons (Fsp3) is 0. The van der Waals surface area contributed by atoms with Gasteiger partial charge in [0.15, 0.2) is 17.4 Å². The van der Waals surface area contributed by atoms with Gasteiger partial charge in [0.05, 0.1) is 0 Å². The molecule has 0 saturated heterocycles. The van der Waals surface area contributed by atoms with E-state index in [2.05, 4.69) is 0 Å². The Morgan fingerprint density at radius 2 is 1.63 bits per heavy atom. The Hall–Kier alpha value is -2.36. The maximum Gasteiger partial charge on any atom is 0.185 e. The molecule has 0 aromatic heterocycles. The minimum Gasteiger partial charge on any atom is -0.289 e. The van der Waals surface area contributed by atoms with Gasteiger partial charge in [0.2, 0.25) is 0 Å². The summed E-state index contributed by atoms with van der Waals surface area (Å²) in [4.78, 5) is 11.7. The molecule has 0 aliphatic carbocycles. The standard InChI is InChI=1S/C15H9F3O/c16-12-7-4-10(5-8-12)14(19)9-6-11-2-1-3-13(17)15(11)18/h1-9H. The maximum absolute atomic E-state index is 13.3. The van der Waals surface area contributed by atoms with Crippen LogP contribution in [0, 0.1) is 17.5 Å². The molecule has 0 radical (unpaired) electrons. The van der Waals surface area contributed by atoms with Crippen molar-refractivity contribution in [2.24, 2.45) is 0 Å². The smallest absolute Gasteiger partial charge is 0.185 e. The van der Waals surface area contributed by atoms with Gasteiger partial charge in [0.25, 0.3) is 0 Å². The van der Waals surface area contributed by atoms with Gasteiger partial charge in [-0.1, -0.05) is 12.1 Å². The Bertz CT molecular complexity index is 630. The molecule has 0 spiro atoms. The number of carbonyl (C=O) groups excluding carboxylic acids is 1. The summed E-state index contributed by atoms with van der Waals surface area (Å²) in [7, 11) is 0. The van der Waals surface area contributed by atoms with Crippen LogP contribution in [0.3, 0.4) is 0 Å². The van der Waals surface area contributed by atoms with Gasteiger partial charge in [-0.25, -0.2) is 13.2 Å². The summed E-state index contributed by atoms with van der Waals surface area (Å²) in [6, 6.07) is 8.66. The van der Waals surface area contributed by atoms with Crippen molar-refractivity contribution in [2.45, 2.75) is 0 Å². The number of ketones is 1. The first-order valence-electron chi connectivity index (χ1n) is 5.50. The summed E-state index contributed by atoms with van der Waals surface area (Å²) in [5.74, 6) is -2.84. The molecule has 2 aromatic carbocycles. The van der Waals surface area contributed by atoms with Gasteiger partial charge in [0.1, 0.15) is 5.82 Å². The molecule has 0 N–H and O–H groups in total. The van der Waals surface area contributed by atoms with Crippen LogP contribution in [0.15, 0.2) is 48.5 Å². The lowest BCUT2D eigenvalue weighted by molar-refractivity contribution is 0.104. The molecule has 2 rings (SSSR count). The van der Waals surface area contributed by atoms with Crippen LogP contribution >= 0.6 is 0 Å². The summed E-state index contributed by atoms with van der Waals surface area (Å²) in [5, 5.41) is 0. The van der Waals surface area contributed by atoms with E-state index in [0.29, 0.717) is 0 Å². The molecule has 19 heavy (non-hydrogen) atoms. The second-order valence-corrected chi connectivity index (χ2v) is 3.85. The van der Waals surface area contributed by atoms with Gasteiger partial charge < -0.3 is 0 Å². The summed E-state index contributed by atoms with van der Waals surface area (Å²) in [5.41, 5.74) is 0.255. The third-order valence-corrected chi connectivity index (χ3v) is 2.52. The first-order chi connectivity index (χ1) is 9.08. The summed E-state index contributed by atoms with van der Waals surface area (Å²) < 4.78 is 38.9. The van der Waals surface area contributed by atoms with E-state index in [9.17, 15) is 18.0 Å². The summed E-state index contributed by atoms with van der Waals surface area (Å²) >= 11 is 0. The molecule has 0 aliphatic rings. The molecule has 96 valence electrons. The average Bonchev–Trinajstić information content (AvgIpc) is 2.41. The SMILES string of the molecule is O=C(C=Cc1cccc(F)c1F)c1ccc(F)cc1. The van der Waals surface area contributed by atoms with Gasteiger partial charge in [-0.3, -0.25) is 4.79 Å². The summed E-state index contributed by atoms with van der Waals surface area (Å²) in [6.45, 7) is 0. The number of rotatable bonds is 3. The van der Waals surface area contributed by atoms with Crippen molar-refractivity contribution in [3.05, 3.63) is 77.1 Å². The van der Waals surface area contributed by atoms with E-state index in [4.69, 9.17) is 0 Å². The highest BCUT2D eigenvalue weighted by molar-refractivity contribution is 6.06. The predicted octanol–water partition coefficient (Wildman–Crippen LogP) is 4.00. The fourth-order valence-corrected chi connectivity index (χ4v) is 1.53. The topological polar surface area (TPSA) is 17.1 Å². The molecule has 1 nitrogen and oxygen atoms in total. The maximum atomic E-state index is 13.3. The number of carbonyl (C=O) groups is 1. The molecular weight excluding hydrogens is 253 g/mol. The van der Waals surface area contributed by atoms with Crippen molar-refractivity contribution in [1.29, 1.82) is 0 Å². The molecule has 0 atom stereocenters. The van der Waals surface area contributed by atoms with E-state index >= 15 is 0 Å². The molecule has 0 aliphatic heterocycles. The zero-order chi connectivity index (χ0) is 13.8. The van der Waals surface area contributed by atoms with Gasteiger partial charge in [-0.2, -0.15) is 0 Å². The van der Waals surface area contributed by atoms with Crippen LogP contribution in [0.1, 0.15) is 15.9 Å². The predicted molar refractivity (Wildman–Crippen MR) is 66.1 cm³/mol. The van der Waals surface area contributed by atoms with E-state index < -0.39 is 23.2 Å². The lowest BCUT2D eigenvalue weighted by Crippen LogP contribution is -1.94. The monoisotopic (exact) mass is 262 g/mol. The number of hydrogen-bond donors (Lipinski definition) is 0. The molecular formula is C15H9F3O. The first-order valence-corrected chi connectivity index (χ1v) is 5.50. The molecule has 0 bridgehead atoms. The zero-order valence-corrected chi connectivity index (χ0v) is 9.74. The zero-order valence-electron chi connectivity index (χ0n) is 9.74. The third-order valence-electron chi connectivity index (χ3n) is 2.52. The Labute approximate surface area is 108 Å².